The molecule has 0 saturated heterocycles. The van der Waals surface area contributed by atoms with Crippen LogP contribution in [0.2, 0.25) is 0 Å². The van der Waals surface area contributed by atoms with Gasteiger partial charge in [0, 0.05) is 17.8 Å². The third-order valence-electron chi connectivity index (χ3n) is 1.99. The molecule has 64 valence electrons. The number of primary amides is 1. The number of hydrogen-bond acceptors (Lipinski definition) is 3. The Morgan fingerprint density at radius 2 is 2.58 bits per heavy atom. The normalized spacial score (nSPS) is 15.8. The van der Waals surface area contributed by atoms with Crippen LogP contribution in [0.1, 0.15) is 10.6 Å². The predicted octanol–water partition coefficient (Wildman–Crippen LogP) is 0.580. The number of carbonyl (C=O) groups is 1. The number of nitrogens with two attached hydrogens (primary N) is 1. The van der Waals surface area contributed by atoms with Crippen molar-refractivity contribution in [3.8, 4) is 0 Å². The standard InChI is InChI=1S/C7H9N3OS/c8-7(11)10-2-1-5-6(3-10)12-4-9-5/h4H,1-3H2,(H2,8,11). The summed E-state index contributed by atoms with van der Waals surface area (Å²) >= 11 is 1.59. The minimum atomic E-state index is -0.339. The SMILES string of the molecule is NC(=O)N1CCc2ncsc2C1. The van der Waals surface area contributed by atoms with Gasteiger partial charge < -0.3 is 10.6 Å². The molecular formula is C7H9N3OS. The van der Waals surface area contributed by atoms with Gasteiger partial charge >= 0.3 is 6.03 Å². The zero-order valence-corrected chi connectivity index (χ0v) is 7.30. The Kier molecular flexibility index (Phi) is 1.73. The van der Waals surface area contributed by atoms with Gasteiger partial charge in [-0.15, -0.1) is 11.3 Å². The molecule has 0 aromatic carbocycles. The van der Waals surface area contributed by atoms with E-state index in [9.17, 15) is 4.79 Å². The molecule has 1 aliphatic rings. The van der Waals surface area contributed by atoms with Gasteiger partial charge in [-0.1, -0.05) is 0 Å². The van der Waals surface area contributed by atoms with Crippen molar-refractivity contribution in [2.45, 2.75) is 13.0 Å². The fourth-order valence-electron chi connectivity index (χ4n) is 1.31. The molecule has 0 unspecified atom stereocenters. The third kappa shape index (κ3) is 1.16. The van der Waals surface area contributed by atoms with Crippen LogP contribution in [-0.2, 0) is 13.0 Å². The van der Waals surface area contributed by atoms with Crippen LogP contribution in [0.3, 0.4) is 0 Å². The van der Waals surface area contributed by atoms with Crippen LogP contribution in [0.5, 0.6) is 0 Å². The lowest BCUT2D eigenvalue weighted by Gasteiger charge is -2.23. The minimum Gasteiger partial charge on any atom is -0.351 e. The first-order valence-corrected chi connectivity index (χ1v) is 4.61. The van der Waals surface area contributed by atoms with E-state index in [-0.39, 0.29) is 6.03 Å². The summed E-state index contributed by atoms with van der Waals surface area (Å²) < 4.78 is 0. The lowest BCUT2D eigenvalue weighted by atomic mass is 10.2. The molecule has 0 fully saturated rings. The van der Waals surface area contributed by atoms with Gasteiger partial charge in [0.1, 0.15) is 0 Å². The van der Waals surface area contributed by atoms with E-state index in [2.05, 4.69) is 4.98 Å². The first-order valence-electron chi connectivity index (χ1n) is 3.73. The summed E-state index contributed by atoms with van der Waals surface area (Å²) in [5.74, 6) is 0. The highest BCUT2D eigenvalue weighted by Gasteiger charge is 2.20. The molecule has 0 atom stereocenters. The zero-order chi connectivity index (χ0) is 8.55. The first kappa shape index (κ1) is 7.54. The predicted molar refractivity (Wildman–Crippen MR) is 45.8 cm³/mol. The smallest absolute Gasteiger partial charge is 0.315 e. The molecule has 0 saturated carbocycles. The van der Waals surface area contributed by atoms with Gasteiger partial charge in [0.15, 0.2) is 0 Å². The number of fused-ring (bicyclic) bond motifs is 1. The number of carbonyl (C=O) groups excluding carboxylic acids is 1. The summed E-state index contributed by atoms with van der Waals surface area (Å²) in [6.07, 6.45) is 0.835. The Morgan fingerprint density at radius 3 is 3.33 bits per heavy atom. The molecule has 2 rings (SSSR count). The topological polar surface area (TPSA) is 59.2 Å². The average molecular weight is 183 g/mol. The van der Waals surface area contributed by atoms with Crippen molar-refractivity contribution in [3.05, 3.63) is 16.1 Å². The van der Waals surface area contributed by atoms with Gasteiger partial charge in [-0.3, -0.25) is 0 Å². The maximum absolute atomic E-state index is 10.8. The number of aromatic nitrogens is 1. The summed E-state index contributed by atoms with van der Waals surface area (Å²) in [5.41, 5.74) is 8.10. The van der Waals surface area contributed by atoms with Crippen molar-refractivity contribution in [2.24, 2.45) is 5.73 Å². The quantitative estimate of drug-likeness (QED) is 0.639. The summed E-state index contributed by atoms with van der Waals surface area (Å²) in [5, 5.41) is 0. The zero-order valence-electron chi connectivity index (χ0n) is 6.49. The number of nitrogens with zero attached hydrogens (tertiary/aromatic N) is 2. The number of amides is 2. The fraction of sp³-hybridized carbons (Fsp3) is 0.429. The Balaban J connectivity index is 2.20. The lowest BCUT2D eigenvalue weighted by molar-refractivity contribution is 0.202. The van der Waals surface area contributed by atoms with E-state index in [1.165, 1.54) is 4.88 Å². The Bertz CT molecular complexity index is 309. The molecule has 1 aromatic rings. The third-order valence-corrected chi connectivity index (χ3v) is 2.85. The van der Waals surface area contributed by atoms with Crippen LogP contribution in [0.4, 0.5) is 4.79 Å². The summed E-state index contributed by atoms with van der Waals surface area (Å²) in [6, 6.07) is -0.339. The van der Waals surface area contributed by atoms with Gasteiger partial charge in [-0.2, -0.15) is 0 Å². The van der Waals surface area contributed by atoms with Gasteiger partial charge in [0.25, 0.3) is 0 Å². The summed E-state index contributed by atoms with van der Waals surface area (Å²) in [4.78, 5) is 17.8. The highest BCUT2D eigenvalue weighted by Crippen LogP contribution is 2.20. The highest BCUT2D eigenvalue weighted by molar-refractivity contribution is 7.09. The number of urea groups is 1. The minimum absolute atomic E-state index is 0.339. The number of hydrogen-bond donors (Lipinski definition) is 1. The van der Waals surface area contributed by atoms with Crippen molar-refractivity contribution < 1.29 is 4.79 Å². The maximum atomic E-state index is 10.8. The van der Waals surface area contributed by atoms with E-state index in [0.717, 1.165) is 12.1 Å². The van der Waals surface area contributed by atoms with Crippen molar-refractivity contribution in [3.63, 3.8) is 0 Å². The largest absolute Gasteiger partial charge is 0.351 e. The molecule has 2 heterocycles. The molecule has 0 bridgehead atoms. The molecule has 2 amide bonds. The highest BCUT2D eigenvalue weighted by atomic mass is 32.1. The molecule has 12 heavy (non-hydrogen) atoms. The molecule has 0 spiro atoms. The molecular weight excluding hydrogens is 174 g/mol. The monoisotopic (exact) mass is 183 g/mol. The molecule has 0 radical (unpaired) electrons. The second-order valence-electron chi connectivity index (χ2n) is 2.73. The Labute approximate surface area is 74.0 Å². The first-order chi connectivity index (χ1) is 5.77. The van der Waals surface area contributed by atoms with Crippen molar-refractivity contribution in [2.75, 3.05) is 6.54 Å². The van der Waals surface area contributed by atoms with Crippen LogP contribution in [0.25, 0.3) is 0 Å². The van der Waals surface area contributed by atoms with Crippen molar-refractivity contribution in [1.82, 2.24) is 9.88 Å². The second kappa shape index (κ2) is 2.75. The van der Waals surface area contributed by atoms with Gasteiger partial charge in [0.05, 0.1) is 17.7 Å². The van der Waals surface area contributed by atoms with E-state index in [4.69, 9.17) is 5.73 Å². The van der Waals surface area contributed by atoms with Gasteiger partial charge in [0.2, 0.25) is 0 Å². The van der Waals surface area contributed by atoms with Gasteiger partial charge in [-0.05, 0) is 0 Å². The van der Waals surface area contributed by atoms with E-state index >= 15 is 0 Å². The van der Waals surface area contributed by atoms with E-state index in [0.29, 0.717) is 13.1 Å². The summed E-state index contributed by atoms with van der Waals surface area (Å²) in [7, 11) is 0. The Morgan fingerprint density at radius 1 is 1.75 bits per heavy atom. The Hall–Kier alpha value is -1.10. The van der Waals surface area contributed by atoms with E-state index in [1.807, 2.05) is 5.51 Å². The average Bonchev–Trinajstić information content (AvgIpc) is 2.49. The van der Waals surface area contributed by atoms with Crippen LogP contribution in [0, 0.1) is 0 Å². The second-order valence-corrected chi connectivity index (χ2v) is 3.67. The van der Waals surface area contributed by atoms with Crippen LogP contribution in [-0.4, -0.2) is 22.5 Å². The van der Waals surface area contributed by atoms with Gasteiger partial charge in [-0.25, -0.2) is 9.78 Å². The number of rotatable bonds is 0. The maximum Gasteiger partial charge on any atom is 0.315 e. The molecule has 1 aliphatic heterocycles. The van der Waals surface area contributed by atoms with E-state index in [1.54, 1.807) is 16.2 Å². The molecule has 1 aromatic heterocycles. The molecule has 4 nitrogen and oxygen atoms in total. The fourth-order valence-corrected chi connectivity index (χ4v) is 2.14. The van der Waals surface area contributed by atoms with E-state index < -0.39 is 0 Å². The lowest BCUT2D eigenvalue weighted by Crippen LogP contribution is -2.39. The van der Waals surface area contributed by atoms with Crippen LogP contribution >= 0.6 is 11.3 Å². The molecule has 2 N–H and O–H groups in total. The molecule has 0 aliphatic carbocycles. The van der Waals surface area contributed by atoms with Crippen LogP contribution in [0.15, 0.2) is 5.51 Å². The number of thiazole rings is 1. The van der Waals surface area contributed by atoms with Crippen molar-refractivity contribution >= 4 is 17.4 Å². The summed E-state index contributed by atoms with van der Waals surface area (Å²) in [6.45, 7) is 1.33. The van der Waals surface area contributed by atoms with Crippen LogP contribution < -0.4 is 5.73 Å². The molecule has 5 heteroatoms. The van der Waals surface area contributed by atoms with Crippen molar-refractivity contribution in [1.29, 1.82) is 0 Å².